The van der Waals surface area contributed by atoms with Crippen LogP contribution in [0.5, 0.6) is 0 Å². The van der Waals surface area contributed by atoms with Gasteiger partial charge in [0.25, 0.3) is 5.91 Å². The second-order valence-electron chi connectivity index (χ2n) is 7.66. The van der Waals surface area contributed by atoms with Crippen molar-refractivity contribution in [1.82, 2.24) is 34.2 Å². The lowest BCUT2D eigenvalue weighted by molar-refractivity contribution is 0.102. The van der Waals surface area contributed by atoms with Crippen LogP contribution in [0.15, 0.2) is 55.0 Å². The van der Waals surface area contributed by atoms with Crippen molar-refractivity contribution in [3.63, 3.8) is 0 Å². The molecule has 0 fully saturated rings. The number of carbonyl (C=O) groups is 1. The maximum atomic E-state index is 13.0. The Labute approximate surface area is 204 Å². The molecule has 0 aliphatic carbocycles. The zero-order valence-electron chi connectivity index (χ0n) is 18.4. The number of rotatable bonds is 6. The fraction of sp³-hybridized carbons (Fsp3) is 0.174. The van der Waals surface area contributed by atoms with Gasteiger partial charge in [-0.05, 0) is 31.5 Å². The van der Waals surface area contributed by atoms with Gasteiger partial charge in [0.2, 0.25) is 0 Å². The number of benzene rings is 1. The summed E-state index contributed by atoms with van der Waals surface area (Å²) in [5.41, 5.74) is 4.35. The first kappa shape index (κ1) is 22.1. The molecule has 0 aliphatic rings. The summed E-state index contributed by atoms with van der Waals surface area (Å²) in [6, 6.07) is 10.9. The van der Waals surface area contributed by atoms with Crippen molar-refractivity contribution in [2.75, 3.05) is 5.32 Å². The molecule has 34 heavy (non-hydrogen) atoms. The second kappa shape index (κ2) is 8.92. The summed E-state index contributed by atoms with van der Waals surface area (Å²) in [5, 5.41) is 17.0. The molecule has 172 valence electrons. The highest BCUT2D eigenvalue weighted by molar-refractivity contribution is 6.33. The molecule has 1 amide bonds. The van der Waals surface area contributed by atoms with E-state index in [4.69, 9.17) is 23.2 Å². The number of amides is 1. The Morgan fingerprint density at radius 2 is 1.94 bits per heavy atom. The molecular formula is C23H20Cl2N8O. The van der Waals surface area contributed by atoms with Crippen molar-refractivity contribution in [1.29, 1.82) is 0 Å². The van der Waals surface area contributed by atoms with Crippen LogP contribution < -0.4 is 5.32 Å². The van der Waals surface area contributed by atoms with Gasteiger partial charge in [-0.15, -0.1) is 0 Å². The van der Waals surface area contributed by atoms with Crippen LogP contribution in [0.4, 0.5) is 5.82 Å². The van der Waals surface area contributed by atoms with Crippen molar-refractivity contribution < 1.29 is 4.79 Å². The van der Waals surface area contributed by atoms with E-state index in [1.54, 1.807) is 33.9 Å². The summed E-state index contributed by atoms with van der Waals surface area (Å²) in [7, 11) is 0. The average molecular weight is 495 g/mol. The number of fused-ring (bicyclic) bond motifs is 1. The van der Waals surface area contributed by atoms with Gasteiger partial charge >= 0.3 is 0 Å². The number of carbonyl (C=O) groups excluding carboxylic acids is 1. The van der Waals surface area contributed by atoms with Gasteiger partial charge in [-0.2, -0.15) is 15.3 Å². The summed E-state index contributed by atoms with van der Waals surface area (Å²) >= 11 is 12.6. The zero-order valence-corrected chi connectivity index (χ0v) is 19.9. The lowest BCUT2D eigenvalue weighted by atomic mass is 10.2. The number of aryl methyl sites for hydroxylation is 1. The van der Waals surface area contributed by atoms with Gasteiger partial charge in [-0.25, -0.2) is 9.50 Å². The number of hydrogen-bond donors (Lipinski definition) is 1. The van der Waals surface area contributed by atoms with Crippen molar-refractivity contribution in [3.05, 3.63) is 82.0 Å². The predicted octanol–water partition coefficient (Wildman–Crippen LogP) is 4.73. The topological polar surface area (TPSA) is 94.9 Å². The number of nitrogens with one attached hydrogen (secondary N) is 1. The van der Waals surface area contributed by atoms with Gasteiger partial charge in [-0.1, -0.05) is 41.4 Å². The van der Waals surface area contributed by atoms with Crippen LogP contribution in [0, 0.1) is 6.92 Å². The molecule has 0 atom stereocenters. The van der Waals surface area contributed by atoms with E-state index in [-0.39, 0.29) is 11.5 Å². The molecule has 0 spiro atoms. The Hall–Kier alpha value is -3.69. The first-order valence-electron chi connectivity index (χ1n) is 10.6. The lowest BCUT2D eigenvalue weighted by Gasteiger charge is -2.05. The first-order valence-corrected chi connectivity index (χ1v) is 11.4. The summed E-state index contributed by atoms with van der Waals surface area (Å²) < 4.78 is 5.16. The van der Waals surface area contributed by atoms with Crippen LogP contribution in [0.25, 0.3) is 16.9 Å². The van der Waals surface area contributed by atoms with E-state index < -0.39 is 5.91 Å². The molecule has 0 bridgehead atoms. The van der Waals surface area contributed by atoms with E-state index in [2.05, 4.69) is 25.6 Å². The summed E-state index contributed by atoms with van der Waals surface area (Å²) in [6.45, 7) is 5.21. The standard InChI is InChI=1S/C23H20Cl2N8O/c1-3-32-14(2)16(11-27-32)20-8-9-26-21-10-19(29-33(20)21)23(34)28-22-18(25)13-31(30-22)12-15-6-4-5-7-17(15)24/h4-11,13H,3,12H2,1-2H3,(H,28,30,34). The summed E-state index contributed by atoms with van der Waals surface area (Å²) in [6.07, 6.45) is 5.11. The Bertz CT molecular complexity index is 1520. The Morgan fingerprint density at radius 1 is 1.12 bits per heavy atom. The maximum absolute atomic E-state index is 13.0. The van der Waals surface area contributed by atoms with Crippen molar-refractivity contribution >= 4 is 40.6 Å². The van der Waals surface area contributed by atoms with Gasteiger partial charge in [0, 0.05) is 41.3 Å². The SMILES string of the molecule is CCn1ncc(-c2ccnc3cc(C(=O)Nc4nn(Cc5ccccc5Cl)cc4Cl)nn23)c1C. The van der Waals surface area contributed by atoms with Crippen LogP contribution in [-0.2, 0) is 13.1 Å². The molecule has 5 aromatic rings. The van der Waals surface area contributed by atoms with E-state index in [1.807, 2.05) is 48.9 Å². The molecule has 1 aromatic carbocycles. The van der Waals surface area contributed by atoms with E-state index in [0.29, 0.717) is 22.2 Å². The fourth-order valence-electron chi connectivity index (χ4n) is 3.76. The normalized spacial score (nSPS) is 11.3. The third-order valence-corrected chi connectivity index (χ3v) is 6.15. The number of aromatic nitrogens is 7. The summed E-state index contributed by atoms with van der Waals surface area (Å²) in [4.78, 5) is 17.3. The predicted molar refractivity (Wildman–Crippen MR) is 130 cm³/mol. The van der Waals surface area contributed by atoms with Gasteiger partial charge in [0.1, 0.15) is 5.02 Å². The first-order chi connectivity index (χ1) is 16.4. The number of nitrogens with zero attached hydrogens (tertiary/aromatic N) is 7. The molecular weight excluding hydrogens is 475 g/mol. The molecule has 4 heterocycles. The van der Waals surface area contributed by atoms with Crippen molar-refractivity contribution in [2.45, 2.75) is 26.9 Å². The van der Waals surface area contributed by atoms with E-state index in [0.717, 1.165) is 29.1 Å². The van der Waals surface area contributed by atoms with Crippen LogP contribution in [0.2, 0.25) is 10.0 Å². The molecule has 9 nitrogen and oxygen atoms in total. The maximum Gasteiger partial charge on any atom is 0.277 e. The Morgan fingerprint density at radius 3 is 2.71 bits per heavy atom. The zero-order chi connectivity index (χ0) is 23.8. The number of anilines is 1. The highest BCUT2D eigenvalue weighted by atomic mass is 35.5. The molecule has 11 heteroatoms. The minimum absolute atomic E-state index is 0.192. The van der Waals surface area contributed by atoms with Gasteiger partial charge in [0.05, 0.1) is 18.4 Å². The molecule has 0 saturated carbocycles. The molecule has 1 N–H and O–H groups in total. The van der Waals surface area contributed by atoms with Crippen LogP contribution in [0.3, 0.4) is 0 Å². The number of hydrogen-bond acceptors (Lipinski definition) is 5. The van der Waals surface area contributed by atoms with Crippen LogP contribution in [-0.4, -0.2) is 40.1 Å². The Balaban J connectivity index is 1.41. The number of halogens is 2. The minimum Gasteiger partial charge on any atom is -0.302 e. The molecule has 4 aromatic heterocycles. The third kappa shape index (κ3) is 4.04. The molecule has 0 radical (unpaired) electrons. The van der Waals surface area contributed by atoms with Gasteiger partial charge in [0.15, 0.2) is 17.2 Å². The molecule has 0 unspecified atom stereocenters. The van der Waals surface area contributed by atoms with Crippen LogP contribution in [0.1, 0.15) is 28.7 Å². The fourth-order valence-corrected chi connectivity index (χ4v) is 4.16. The molecule has 0 aliphatic heterocycles. The van der Waals surface area contributed by atoms with E-state index in [1.165, 1.54) is 0 Å². The van der Waals surface area contributed by atoms with Crippen molar-refractivity contribution in [3.8, 4) is 11.3 Å². The highest BCUT2D eigenvalue weighted by Crippen LogP contribution is 2.25. The average Bonchev–Trinajstić information content (AvgIpc) is 3.52. The monoisotopic (exact) mass is 494 g/mol. The Kier molecular flexibility index (Phi) is 5.80. The summed E-state index contributed by atoms with van der Waals surface area (Å²) in [5.74, 6) is -0.202. The second-order valence-corrected chi connectivity index (χ2v) is 8.47. The van der Waals surface area contributed by atoms with Crippen molar-refractivity contribution in [2.24, 2.45) is 0 Å². The van der Waals surface area contributed by atoms with Gasteiger partial charge in [-0.3, -0.25) is 14.2 Å². The van der Waals surface area contributed by atoms with Crippen LogP contribution >= 0.6 is 23.2 Å². The van der Waals surface area contributed by atoms with E-state index >= 15 is 0 Å². The smallest absolute Gasteiger partial charge is 0.277 e. The highest BCUT2D eigenvalue weighted by Gasteiger charge is 2.19. The quantitative estimate of drug-likeness (QED) is 0.368. The molecule has 0 saturated heterocycles. The van der Waals surface area contributed by atoms with Gasteiger partial charge < -0.3 is 5.32 Å². The molecule has 5 rings (SSSR count). The largest absolute Gasteiger partial charge is 0.302 e. The van der Waals surface area contributed by atoms with E-state index in [9.17, 15) is 4.79 Å². The minimum atomic E-state index is -0.442. The lowest BCUT2D eigenvalue weighted by Crippen LogP contribution is -2.14. The third-order valence-electron chi connectivity index (χ3n) is 5.51.